The summed E-state index contributed by atoms with van der Waals surface area (Å²) in [5.41, 5.74) is -0.731. The van der Waals surface area contributed by atoms with Crippen molar-refractivity contribution in [3.63, 3.8) is 0 Å². The Hall–Kier alpha value is -1.26. The van der Waals surface area contributed by atoms with E-state index in [4.69, 9.17) is 0 Å². The minimum absolute atomic E-state index is 0.231. The van der Waals surface area contributed by atoms with E-state index in [9.17, 15) is 10.1 Å². The molecule has 1 unspecified atom stereocenters. The number of nitriles is 1. The predicted molar refractivity (Wildman–Crippen MR) is 64.7 cm³/mol. The second-order valence-corrected chi connectivity index (χ2v) is 5.21. The third-order valence-electron chi connectivity index (χ3n) is 3.19. The summed E-state index contributed by atoms with van der Waals surface area (Å²) < 4.78 is 1.45. The molecule has 0 amide bonds. The number of hydrogen-bond donors (Lipinski definition) is 2. The van der Waals surface area contributed by atoms with Gasteiger partial charge in [0.05, 0.1) is 6.07 Å². The molecule has 0 aliphatic heterocycles. The Morgan fingerprint density at radius 3 is 2.88 bits per heavy atom. The molecule has 1 aromatic rings. The van der Waals surface area contributed by atoms with E-state index in [2.05, 4.69) is 21.6 Å². The number of nitrogens with zero attached hydrogens (tertiary/aromatic N) is 3. The van der Waals surface area contributed by atoms with Crippen LogP contribution in [-0.4, -0.2) is 33.1 Å². The van der Waals surface area contributed by atoms with E-state index in [0.29, 0.717) is 16.8 Å². The Morgan fingerprint density at radius 2 is 2.47 bits per heavy atom. The van der Waals surface area contributed by atoms with Gasteiger partial charge < -0.3 is 5.32 Å². The van der Waals surface area contributed by atoms with Gasteiger partial charge in [-0.25, -0.2) is 9.89 Å². The van der Waals surface area contributed by atoms with Gasteiger partial charge in [0.1, 0.15) is 5.54 Å². The molecule has 0 spiro atoms. The van der Waals surface area contributed by atoms with E-state index >= 15 is 0 Å². The number of hydrogen-bond acceptors (Lipinski definition) is 5. The zero-order chi connectivity index (χ0) is 12.5. The van der Waals surface area contributed by atoms with Crippen molar-refractivity contribution < 1.29 is 0 Å². The summed E-state index contributed by atoms with van der Waals surface area (Å²) in [6.45, 7) is 0. The third-order valence-corrected chi connectivity index (χ3v) is 4.41. The van der Waals surface area contributed by atoms with Crippen molar-refractivity contribution in [1.82, 2.24) is 20.1 Å². The fraction of sp³-hybridized carbons (Fsp3) is 0.700. The van der Waals surface area contributed by atoms with Crippen LogP contribution in [0.25, 0.3) is 0 Å². The first kappa shape index (κ1) is 12.2. The van der Waals surface area contributed by atoms with E-state index in [1.54, 1.807) is 7.05 Å². The van der Waals surface area contributed by atoms with E-state index in [0.717, 1.165) is 12.8 Å². The van der Waals surface area contributed by atoms with Crippen molar-refractivity contribution in [2.45, 2.75) is 23.5 Å². The predicted octanol–water partition coefficient (Wildman–Crippen LogP) is 0.0923. The molecule has 1 aliphatic carbocycles. The minimum atomic E-state index is -0.500. The molecule has 1 saturated carbocycles. The van der Waals surface area contributed by atoms with Gasteiger partial charge in [0, 0.05) is 12.8 Å². The van der Waals surface area contributed by atoms with Crippen molar-refractivity contribution in [2.24, 2.45) is 13.0 Å². The molecule has 2 N–H and O–H groups in total. The van der Waals surface area contributed by atoms with Crippen molar-refractivity contribution in [2.75, 3.05) is 12.8 Å². The maximum atomic E-state index is 11.2. The Balaban J connectivity index is 2.08. The maximum Gasteiger partial charge on any atom is 0.343 e. The van der Waals surface area contributed by atoms with Gasteiger partial charge in [0.15, 0.2) is 5.16 Å². The second-order valence-electron chi connectivity index (χ2n) is 4.27. The highest BCUT2D eigenvalue weighted by molar-refractivity contribution is 7.99. The molecule has 1 aromatic heterocycles. The van der Waals surface area contributed by atoms with Gasteiger partial charge in [0.2, 0.25) is 0 Å². The topological polar surface area (TPSA) is 86.5 Å². The van der Waals surface area contributed by atoms with Gasteiger partial charge in [-0.05, 0) is 25.8 Å². The summed E-state index contributed by atoms with van der Waals surface area (Å²) in [5, 5.41) is 19.4. The molecule has 92 valence electrons. The van der Waals surface area contributed by atoms with Crippen molar-refractivity contribution in [1.29, 1.82) is 5.26 Å². The fourth-order valence-electron chi connectivity index (χ4n) is 1.79. The number of aromatic amines is 1. The average molecular weight is 253 g/mol. The van der Waals surface area contributed by atoms with Crippen molar-refractivity contribution in [3.05, 3.63) is 10.5 Å². The van der Waals surface area contributed by atoms with Crippen LogP contribution in [0, 0.1) is 17.2 Å². The Morgan fingerprint density at radius 1 is 1.76 bits per heavy atom. The lowest BCUT2D eigenvalue weighted by Crippen LogP contribution is -2.46. The van der Waals surface area contributed by atoms with Gasteiger partial charge in [-0.2, -0.15) is 5.26 Å². The largest absolute Gasteiger partial charge is 0.343 e. The summed E-state index contributed by atoms with van der Waals surface area (Å²) >= 11 is 1.43. The molecule has 7 heteroatoms. The summed E-state index contributed by atoms with van der Waals surface area (Å²) in [5.74, 6) is 1.02. The minimum Gasteiger partial charge on any atom is -0.302 e. The number of H-pyrrole nitrogens is 1. The molecule has 2 rings (SSSR count). The van der Waals surface area contributed by atoms with Crippen LogP contribution in [0.4, 0.5) is 0 Å². The molecule has 1 heterocycles. The SMILES string of the molecule is CNC(C#N)(CSc1n[nH]c(=O)n1C)C1CC1. The third kappa shape index (κ3) is 2.23. The Bertz CT molecular complexity index is 498. The number of thioether (sulfide) groups is 1. The second kappa shape index (κ2) is 4.55. The van der Waals surface area contributed by atoms with Crippen molar-refractivity contribution in [3.8, 4) is 6.07 Å². The van der Waals surface area contributed by atoms with Gasteiger partial charge in [-0.1, -0.05) is 11.8 Å². The zero-order valence-electron chi connectivity index (χ0n) is 9.86. The van der Waals surface area contributed by atoms with Crippen LogP contribution < -0.4 is 11.0 Å². The monoisotopic (exact) mass is 253 g/mol. The summed E-state index contributed by atoms with van der Waals surface area (Å²) in [6, 6.07) is 2.37. The number of rotatable bonds is 5. The standard InChI is InChI=1S/C10H15N5OS/c1-12-10(5-11,7-3-4-7)6-17-9-14-13-8(16)15(9)2/h7,12H,3-4,6H2,1-2H3,(H,13,16). The van der Waals surface area contributed by atoms with Crippen LogP contribution in [0.3, 0.4) is 0 Å². The zero-order valence-corrected chi connectivity index (χ0v) is 10.7. The molecule has 17 heavy (non-hydrogen) atoms. The number of nitrogens with one attached hydrogen (secondary N) is 2. The fourth-order valence-corrected chi connectivity index (χ4v) is 2.98. The molecular formula is C10H15N5OS. The van der Waals surface area contributed by atoms with Crippen LogP contribution in [0.15, 0.2) is 9.95 Å². The van der Waals surface area contributed by atoms with Gasteiger partial charge >= 0.3 is 5.69 Å². The van der Waals surface area contributed by atoms with Crippen LogP contribution in [0.2, 0.25) is 0 Å². The maximum absolute atomic E-state index is 11.2. The van der Waals surface area contributed by atoms with E-state index in [1.807, 2.05) is 7.05 Å². The summed E-state index contributed by atoms with van der Waals surface area (Å²) in [6.07, 6.45) is 2.18. The highest BCUT2D eigenvalue weighted by atomic mass is 32.2. The first-order chi connectivity index (χ1) is 8.13. The van der Waals surface area contributed by atoms with E-state index in [1.165, 1.54) is 16.3 Å². The molecular weight excluding hydrogens is 238 g/mol. The highest BCUT2D eigenvalue weighted by Crippen LogP contribution is 2.41. The smallest absolute Gasteiger partial charge is 0.302 e. The van der Waals surface area contributed by atoms with Crippen molar-refractivity contribution >= 4 is 11.8 Å². The molecule has 1 fully saturated rings. The molecule has 1 atom stereocenters. The summed E-state index contributed by atoms with van der Waals surface area (Å²) in [4.78, 5) is 11.2. The van der Waals surface area contributed by atoms with Crippen LogP contribution in [-0.2, 0) is 7.05 Å². The number of aromatic nitrogens is 3. The van der Waals surface area contributed by atoms with Gasteiger partial charge in [-0.3, -0.25) is 4.57 Å². The molecule has 0 radical (unpaired) electrons. The molecule has 0 aromatic carbocycles. The van der Waals surface area contributed by atoms with E-state index in [-0.39, 0.29) is 5.69 Å². The molecule has 1 aliphatic rings. The molecule has 6 nitrogen and oxygen atoms in total. The Labute approximate surface area is 103 Å². The first-order valence-corrected chi connectivity index (χ1v) is 6.46. The van der Waals surface area contributed by atoms with Crippen LogP contribution >= 0.6 is 11.8 Å². The quantitative estimate of drug-likeness (QED) is 0.726. The van der Waals surface area contributed by atoms with Crippen LogP contribution in [0.1, 0.15) is 12.8 Å². The lowest BCUT2D eigenvalue weighted by molar-refractivity contribution is 0.440. The lowest BCUT2D eigenvalue weighted by atomic mass is 9.98. The first-order valence-electron chi connectivity index (χ1n) is 5.47. The van der Waals surface area contributed by atoms with Gasteiger partial charge in [0.25, 0.3) is 0 Å². The Kier molecular flexibility index (Phi) is 3.26. The van der Waals surface area contributed by atoms with Gasteiger partial charge in [-0.15, -0.1) is 5.10 Å². The van der Waals surface area contributed by atoms with Crippen LogP contribution in [0.5, 0.6) is 0 Å². The normalized spacial score (nSPS) is 18.6. The lowest BCUT2D eigenvalue weighted by Gasteiger charge is -2.25. The highest BCUT2D eigenvalue weighted by Gasteiger charge is 2.44. The molecule has 0 bridgehead atoms. The average Bonchev–Trinajstić information content (AvgIpc) is 3.13. The molecule has 0 saturated heterocycles. The van der Waals surface area contributed by atoms with E-state index < -0.39 is 5.54 Å². The summed E-state index contributed by atoms with van der Waals surface area (Å²) in [7, 11) is 3.48.